The molecule has 2 radical (unpaired) electrons. The highest BCUT2D eigenvalue weighted by Gasteiger charge is 2.64. The summed E-state index contributed by atoms with van der Waals surface area (Å²) in [5.41, 5.74) is -1.29. The van der Waals surface area contributed by atoms with Crippen molar-refractivity contribution in [2.45, 2.75) is 101 Å². The Bertz CT molecular complexity index is 567. The number of aliphatic hydroxyl groups is 1. The predicted octanol–water partition coefficient (Wildman–Crippen LogP) is 3.09. The lowest BCUT2D eigenvalue weighted by atomic mass is 9.81. The molecular weight excluding hydrogens is 377 g/mol. The van der Waals surface area contributed by atoms with Gasteiger partial charge in [-0.05, 0) is 22.2 Å². The van der Waals surface area contributed by atoms with Gasteiger partial charge in [-0.15, -0.1) is 0 Å². The van der Waals surface area contributed by atoms with Gasteiger partial charge in [0.1, 0.15) is 26.1 Å². The Hall–Kier alpha value is -0.211. The fourth-order valence-electron chi connectivity index (χ4n) is 4.35. The van der Waals surface area contributed by atoms with Crippen molar-refractivity contribution in [3.8, 4) is 6.07 Å². The van der Waals surface area contributed by atoms with E-state index < -0.39 is 40.9 Å². The van der Waals surface area contributed by atoms with Gasteiger partial charge in [-0.2, -0.15) is 5.26 Å². The number of nitrogens with zero attached hydrogens (tertiary/aromatic N) is 1. The molecular formula is C18H34BNO5Si2. The monoisotopic (exact) mass is 411 g/mol. The zero-order valence-corrected chi connectivity index (χ0v) is 19.9. The molecule has 152 valence electrons. The van der Waals surface area contributed by atoms with Crippen LogP contribution in [-0.2, 0) is 17.7 Å². The highest BCUT2D eigenvalue weighted by Crippen LogP contribution is 2.48. The normalized spacial score (nSPS) is 35.9. The van der Waals surface area contributed by atoms with Gasteiger partial charge in [-0.3, -0.25) is 0 Å². The highest BCUT2D eigenvalue weighted by molar-refractivity contribution is 6.84. The van der Waals surface area contributed by atoms with Crippen LogP contribution in [0.3, 0.4) is 0 Å². The fourth-order valence-corrected chi connectivity index (χ4v) is 15.6. The summed E-state index contributed by atoms with van der Waals surface area (Å²) in [4.78, 5) is 0. The fraction of sp³-hybridized carbons (Fsp3) is 0.944. The Labute approximate surface area is 167 Å². The predicted molar refractivity (Wildman–Crippen MR) is 109 cm³/mol. The summed E-state index contributed by atoms with van der Waals surface area (Å²) < 4.78 is 25.9. The summed E-state index contributed by atoms with van der Waals surface area (Å²) in [6.07, 6.45) is -1.48. The average molecular weight is 411 g/mol. The van der Waals surface area contributed by atoms with Crippen LogP contribution in [0.2, 0.25) is 22.2 Å². The van der Waals surface area contributed by atoms with E-state index in [4.69, 9.17) is 25.6 Å². The van der Waals surface area contributed by atoms with Gasteiger partial charge in [-0.25, -0.2) is 0 Å². The minimum absolute atomic E-state index is 0.101. The molecule has 1 N–H and O–H groups in total. The quantitative estimate of drug-likeness (QED) is 0.566. The lowest BCUT2D eigenvalue weighted by Crippen LogP contribution is -2.67. The molecule has 4 atom stereocenters. The van der Waals surface area contributed by atoms with E-state index in [-0.39, 0.29) is 28.8 Å². The van der Waals surface area contributed by atoms with E-state index in [1.54, 1.807) is 0 Å². The Morgan fingerprint density at radius 2 is 1.48 bits per heavy atom. The second-order valence-electron chi connectivity index (χ2n) is 9.05. The van der Waals surface area contributed by atoms with Crippen LogP contribution >= 0.6 is 0 Å². The molecule has 2 fully saturated rings. The van der Waals surface area contributed by atoms with Gasteiger partial charge >= 0.3 is 17.1 Å². The summed E-state index contributed by atoms with van der Waals surface area (Å²) >= 11 is 0. The summed E-state index contributed by atoms with van der Waals surface area (Å²) in [6.45, 7) is 17.1. The molecule has 0 aliphatic carbocycles. The second-order valence-corrected chi connectivity index (χ2v) is 17.9. The van der Waals surface area contributed by atoms with Gasteiger partial charge in [0.05, 0.1) is 12.6 Å². The van der Waals surface area contributed by atoms with Crippen LogP contribution in [0.1, 0.15) is 55.4 Å². The van der Waals surface area contributed by atoms with E-state index >= 15 is 0 Å². The van der Waals surface area contributed by atoms with Crippen LogP contribution in [-0.4, -0.2) is 60.5 Å². The Morgan fingerprint density at radius 1 is 1.00 bits per heavy atom. The van der Waals surface area contributed by atoms with Crippen LogP contribution in [0.5, 0.6) is 0 Å². The molecule has 0 aromatic heterocycles. The van der Waals surface area contributed by atoms with Crippen LogP contribution in [0.15, 0.2) is 0 Å². The van der Waals surface area contributed by atoms with Gasteiger partial charge in [0.15, 0.2) is 5.60 Å². The van der Waals surface area contributed by atoms with Crippen LogP contribution in [0, 0.1) is 11.3 Å². The molecule has 2 heterocycles. The number of nitriles is 1. The first-order chi connectivity index (χ1) is 12.4. The first kappa shape index (κ1) is 23.1. The molecule has 6 nitrogen and oxygen atoms in total. The smallest absolute Gasteiger partial charge is 0.335 e. The number of rotatable bonds is 4. The summed E-state index contributed by atoms with van der Waals surface area (Å²) in [5.74, 6) is 0. The van der Waals surface area contributed by atoms with Crippen LogP contribution in [0.4, 0.5) is 0 Å². The molecule has 2 aliphatic rings. The number of fused-ring (bicyclic) bond motifs is 1. The van der Waals surface area contributed by atoms with Gasteiger partial charge in [0, 0.05) is 0 Å². The van der Waals surface area contributed by atoms with Gasteiger partial charge in [-0.1, -0.05) is 55.4 Å². The third-order valence-corrected chi connectivity index (χ3v) is 16.3. The van der Waals surface area contributed by atoms with Gasteiger partial charge in [0.25, 0.3) is 0 Å². The Morgan fingerprint density at radius 3 is 1.89 bits per heavy atom. The Balaban J connectivity index is 2.62. The van der Waals surface area contributed by atoms with Crippen molar-refractivity contribution in [1.82, 2.24) is 0 Å². The lowest BCUT2D eigenvalue weighted by Gasteiger charge is -2.51. The molecule has 2 aliphatic heterocycles. The SMILES string of the molecule is [B][C@@H]1O[C@@H]2CO[Si](C(C)C)(C(C)C)O[Si](C(C)C)(C(C)C)OC2[C@@]1(O)C#N. The third-order valence-electron chi connectivity index (χ3n) is 6.03. The molecule has 0 aromatic carbocycles. The van der Waals surface area contributed by atoms with Gasteiger partial charge < -0.3 is 22.8 Å². The maximum absolute atomic E-state index is 10.9. The molecule has 0 aromatic rings. The van der Waals surface area contributed by atoms with E-state index in [2.05, 4.69) is 55.4 Å². The molecule has 2 saturated heterocycles. The summed E-state index contributed by atoms with van der Waals surface area (Å²) in [7, 11) is 0.390. The molecule has 0 spiro atoms. The topological polar surface area (TPSA) is 80.9 Å². The maximum Gasteiger partial charge on any atom is 0.335 e. The molecule has 27 heavy (non-hydrogen) atoms. The molecule has 0 amide bonds. The maximum atomic E-state index is 10.9. The molecule has 2 rings (SSSR count). The lowest BCUT2D eigenvalue weighted by molar-refractivity contribution is -0.0443. The van der Waals surface area contributed by atoms with Crippen molar-refractivity contribution in [3.05, 3.63) is 0 Å². The van der Waals surface area contributed by atoms with E-state index in [9.17, 15) is 10.4 Å². The largest absolute Gasteiger partial charge is 0.414 e. The number of ether oxygens (including phenoxy) is 1. The molecule has 0 bridgehead atoms. The van der Waals surface area contributed by atoms with Gasteiger partial charge in [0.2, 0.25) is 0 Å². The number of hydrogen-bond acceptors (Lipinski definition) is 6. The number of hydrogen-bond donors (Lipinski definition) is 1. The van der Waals surface area contributed by atoms with E-state index in [1.807, 2.05) is 6.07 Å². The second kappa shape index (κ2) is 7.90. The Kier molecular flexibility index (Phi) is 6.75. The standard InChI is InChI=1S/C18H34BNO5Si2/c1-11(2)26(12(3)4)22-9-15-16(18(21,10-20)17(19)23-15)24-27(25-26,13(5)6)14(7)8/h11-17,21H,9H2,1-8H3/t15-,16?,17-,18+/m1/s1. The molecule has 9 heteroatoms. The van der Waals surface area contributed by atoms with E-state index in [1.165, 1.54) is 0 Å². The minimum Gasteiger partial charge on any atom is -0.414 e. The van der Waals surface area contributed by atoms with E-state index in [0.29, 0.717) is 0 Å². The van der Waals surface area contributed by atoms with Crippen molar-refractivity contribution >= 4 is 25.0 Å². The summed E-state index contributed by atoms with van der Waals surface area (Å²) in [5, 5.41) is 20.5. The zero-order chi connectivity index (χ0) is 20.8. The zero-order valence-electron chi connectivity index (χ0n) is 17.9. The third kappa shape index (κ3) is 3.59. The van der Waals surface area contributed by atoms with Crippen LogP contribution < -0.4 is 0 Å². The first-order valence-electron chi connectivity index (χ1n) is 9.94. The van der Waals surface area contributed by atoms with E-state index in [0.717, 1.165) is 0 Å². The van der Waals surface area contributed by atoms with Crippen molar-refractivity contribution in [2.75, 3.05) is 6.61 Å². The van der Waals surface area contributed by atoms with Crippen LogP contribution in [0.25, 0.3) is 0 Å². The van der Waals surface area contributed by atoms with Crippen molar-refractivity contribution in [2.24, 2.45) is 0 Å². The average Bonchev–Trinajstić information content (AvgIpc) is 2.78. The van der Waals surface area contributed by atoms with Crippen molar-refractivity contribution in [3.63, 3.8) is 0 Å². The highest BCUT2D eigenvalue weighted by atomic mass is 28.5. The minimum atomic E-state index is -2.91. The molecule has 0 saturated carbocycles. The first-order valence-corrected chi connectivity index (χ1v) is 13.9. The molecule has 1 unspecified atom stereocenters. The summed E-state index contributed by atoms with van der Waals surface area (Å²) in [6, 6.07) is 0.783. The van der Waals surface area contributed by atoms with Crippen molar-refractivity contribution < 1.29 is 22.8 Å². The van der Waals surface area contributed by atoms with Crippen molar-refractivity contribution in [1.29, 1.82) is 5.26 Å².